The summed E-state index contributed by atoms with van der Waals surface area (Å²) in [6.45, 7) is 2.20. The van der Waals surface area contributed by atoms with Crippen molar-refractivity contribution in [2.24, 2.45) is 5.73 Å². The molecule has 0 unspecified atom stereocenters. The monoisotopic (exact) mass is 235 g/mol. The second kappa shape index (κ2) is 5.74. The molecule has 0 saturated heterocycles. The summed E-state index contributed by atoms with van der Waals surface area (Å²) in [5, 5.41) is 0. The van der Waals surface area contributed by atoms with Gasteiger partial charge in [0, 0.05) is 10.9 Å². The minimum absolute atomic E-state index is 0.450. The van der Waals surface area contributed by atoms with Crippen LogP contribution in [0.2, 0.25) is 0 Å². The first-order valence-electron chi connectivity index (χ1n) is 6.28. The molecule has 16 heavy (non-hydrogen) atoms. The molecule has 1 nitrogen and oxygen atoms in total. The van der Waals surface area contributed by atoms with E-state index in [1.54, 1.807) is 0 Å². The summed E-state index contributed by atoms with van der Waals surface area (Å²) < 4.78 is 0. The zero-order chi connectivity index (χ0) is 11.4. The van der Waals surface area contributed by atoms with E-state index in [4.69, 9.17) is 5.73 Å². The van der Waals surface area contributed by atoms with Crippen molar-refractivity contribution in [2.45, 2.75) is 49.5 Å². The molecule has 0 bridgehead atoms. The molecule has 0 amide bonds. The minimum Gasteiger partial charge on any atom is -0.328 e. The van der Waals surface area contributed by atoms with E-state index in [9.17, 15) is 0 Å². The Morgan fingerprint density at radius 1 is 1.12 bits per heavy atom. The Labute approximate surface area is 103 Å². The average Bonchev–Trinajstić information content (AvgIpc) is 2.32. The molecule has 2 N–H and O–H groups in total. The van der Waals surface area contributed by atoms with E-state index in [1.807, 2.05) is 11.8 Å². The highest BCUT2D eigenvalue weighted by molar-refractivity contribution is 7.99. The molecule has 0 heterocycles. The van der Waals surface area contributed by atoms with Crippen LogP contribution in [0.4, 0.5) is 0 Å². The molecular weight excluding hydrogens is 214 g/mol. The molecule has 1 fully saturated rings. The van der Waals surface area contributed by atoms with Crippen LogP contribution in [0, 0.1) is 0 Å². The molecule has 0 spiro atoms. The lowest BCUT2D eigenvalue weighted by atomic mass is 9.82. The summed E-state index contributed by atoms with van der Waals surface area (Å²) in [5.74, 6) is 1.90. The van der Waals surface area contributed by atoms with Gasteiger partial charge < -0.3 is 5.73 Å². The quantitative estimate of drug-likeness (QED) is 0.807. The van der Waals surface area contributed by atoms with Crippen LogP contribution in [0.3, 0.4) is 0 Å². The van der Waals surface area contributed by atoms with Gasteiger partial charge in [-0.05, 0) is 55.1 Å². The molecule has 0 aliphatic heterocycles. The summed E-state index contributed by atoms with van der Waals surface area (Å²) in [7, 11) is 0. The first kappa shape index (κ1) is 12.0. The van der Waals surface area contributed by atoms with Crippen LogP contribution in [0.5, 0.6) is 0 Å². The van der Waals surface area contributed by atoms with Crippen LogP contribution in [0.15, 0.2) is 29.2 Å². The molecule has 2 rings (SSSR count). The maximum atomic E-state index is 5.94. The number of hydrogen-bond donors (Lipinski definition) is 1. The van der Waals surface area contributed by atoms with Crippen molar-refractivity contribution in [1.82, 2.24) is 0 Å². The summed E-state index contributed by atoms with van der Waals surface area (Å²) in [4.78, 5) is 1.39. The fraction of sp³-hybridized carbons (Fsp3) is 0.571. The van der Waals surface area contributed by atoms with Crippen molar-refractivity contribution in [2.75, 3.05) is 5.75 Å². The average molecular weight is 235 g/mol. The molecule has 1 aromatic carbocycles. The predicted octanol–water partition coefficient (Wildman–Crippen LogP) is 3.78. The highest BCUT2D eigenvalue weighted by atomic mass is 32.2. The molecule has 1 aliphatic carbocycles. The SMILES string of the molecule is CCSc1ccc(C2CCC(N)CC2)cc1. The van der Waals surface area contributed by atoms with Gasteiger partial charge in [0.25, 0.3) is 0 Å². The Balaban J connectivity index is 1.98. The van der Waals surface area contributed by atoms with Gasteiger partial charge in [0.1, 0.15) is 0 Å². The number of thioether (sulfide) groups is 1. The molecule has 1 aliphatic rings. The number of nitrogens with two attached hydrogens (primary N) is 1. The van der Waals surface area contributed by atoms with Crippen LogP contribution >= 0.6 is 11.8 Å². The molecule has 88 valence electrons. The lowest BCUT2D eigenvalue weighted by molar-refractivity contribution is 0.395. The Morgan fingerprint density at radius 2 is 1.75 bits per heavy atom. The van der Waals surface area contributed by atoms with Crippen molar-refractivity contribution in [3.05, 3.63) is 29.8 Å². The maximum absolute atomic E-state index is 5.94. The van der Waals surface area contributed by atoms with Crippen molar-refractivity contribution in [3.8, 4) is 0 Å². The topological polar surface area (TPSA) is 26.0 Å². The van der Waals surface area contributed by atoms with Gasteiger partial charge in [0.2, 0.25) is 0 Å². The van der Waals surface area contributed by atoms with Gasteiger partial charge in [-0.1, -0.05) is 19.1 Å². The highest BCUT2D eigenvalue weighted by Crippen LogP contribution is 2.33. The Hall–Kier alpha value is -0.470. The zero-order valence-electron chi connectivity index (χ0n) is 9.99. The van der Waals surface area contributed by atoms with Gasteiger partial charge in [0.15, 0.2) is 0 Å². The van der Waals surface area contributed by atoms with Gasteiger partial charge >= 0.3 is 0 Å². The zero-order valence-corrected chi connectivity index (χ0v) is 10.8. The number of benzene rings is 1. The Bertz CT molecular complexity index is 312. The number of hydrogen-bond acceptors (Lipinski definition) is 2. The lowest BCUT2D eigenvalue weighted by Gasteiger charge is -2.26. The van der Waals surface area contributed by atoms with E-state index in [1.165, 1.54) is 36.1 Å². The van der Waals surface area contributed by atoms with E-state index in [2.05, 4.69) is 31.2 Å². The van der Waals surface area contributed by atoms with Crippen LogP contribution in [-0.4, -0.2) is 11.8 Å². The summed E-state index contributed by atoms with van der Waals surface area (Å²) in [6.07, 6.45) is 4.91. The largest absolute Gasteiger partial charge is 0.328 e. The molecular formula is C14H21NS. The third-order valence-electron chi connectivity index (χ3n) is 3.43. The Morgan fingerprint density at radius 3 is 2.31 bits per heavy atom. The van der Waals surface area contributed by atoms with Gasteiger partial charge in [-0.15, -0.1) is 11.8 Å². The normalized spacial score (nSPS) is 25.6. The standard InChI is InChI=1S/C14H21NS/c1-2-16-14-9-5-12(6-10-14)11-3-7-13(15)8-4-11/h5-6,9-11,13H,2-4,7-8,15H2,1H3. The summed E-state index contributed by atoms with van der Waals surface area (Å²) >= 11 is 1.91. The van der Waals surface area contributed by atoms with E-state index < -0.39 is 0 Å². The van der Waals surface area contributed by atoms with Crippen molar-refractivity contribution >= 4 is 11.8 Å². The van der Waals surface area contributed by atoms with Gasteiger partial charge in [0.05, 0.1) is 0 Å². The molecule has 0 radical (unpaired) electrons. The highest BCUT2D eigenvalue weighted by Gasteiger charge is 2.19. The van der Waals surface area contributed by atoms with E-state index in [0.717, 1.165) is 11.7 Å². The molecule has 0 aromatic heterocycles. The minimum atomic E-state index is 0.450. The van der Waals surface area contributed by atoms with Gasteiger partial charge in [-0.3, -0.25) is 0 Å². The third kappa shape index (κ3) is 3.02. The fourth-order valence-corrected chi connectivity index (χ4v) is 3.12. The predicted molar refractivity (Wildman–Crippen MR) is 72.0 cm³/mol. The second-order valence-electron chi connectivity index (χ2n) is 4.61. The van der Waals surface area contributed by atoms with Crippen LogP contribution in [0.1, 0.15) is 44.1 Å². The van der Waals surface area contributed by atoms with Crippen LogP contribution in [-0.2, 0) is 0 Å². The van der Waals surface area contributed by atoms with Crippen molar-refractivity contribution in [1.29, 1.82) is 0 Å². The van der Waals surface area contributed by atoms with E-state index in [-0.39, 0.29) is 0 Å². The maximum Gasteiger partial charge on any atom is 0.00720 e. The summed E-state index contributed by atoms with van der Waals surface area (Å²) in [5.41, 5.74) is 7.44. The molecule has 1 aromatic rings. The number of rotatable bonds is 3. The van der Waals surface area contributed by atoms with Crippen molar-refractivity contribution in [3.63, 3.8) is 0 Å². The fourth-order valence-electron chi connectivity index (χ4n) is 2.46. The van der Waals surface area contributed by atoms with Crippen molar-refractivity contribution < 1.29 is 0 Å². The van der Waals surface area contributed by atoms with Gasteiger partial charge in [-0.25, -0.2) is 0 Å². The molecule has 0 atom stereocenters. The smallest absolute Gasteiger partial charge is 0.00720 e. The molecule has 1 saturated carbocycles. The van der Waals surface area contributed by atoms with Gasteiger partial charge in [-0.2, -0.15) is 0 Å². The first-order valence-corrected chi connectivity index (χ1v) is 7.26. The lowest BCUT2D eigenvalue weighted by Crippen LogP contribution is -2.25. The van der Waals surface area contributed by atoms with Crippen LogP contribution in [0.25, 0.3) is 0 Å². The Kier molecular flexibility index (Phi) is 4.30. The molecule has 2 heteroatoms. The summed E-state index contributed by atoms with van der Waals surface area (Å²) in [6, 6.07) is 9.58. The van der Waals surface area contributed by atoms with E-state index in [0.29, 0.717) is 6.04 Å². The second-order valence-corrected chi connectivity index (χ2v) is 5.95. The van der Waals surface area contributed by atoms with E-state index >= 15 is 0 Å². The first-order chi connectivity index (χ1) is 7.79. The van der Waals surface area contributed by atoms with Crippen LogP contribution < -0.4 is 5.73 Å². The third-order valence-corrected chi connectivity index (χ3v) is 4.33.